The molecule has 1 aromatic carbocycles. The molecule has 0 unspecified atom stereocenters. The summed E-state index contributed by atoms with van der Waals surface area (Å²) < 4.78 is 46.7. The van der Waals surface area contributed by atoms with Crippen molar-refractivity contribution in [2.24, 2.45) is 0 Å². The van der Waals surface area contributed by atoms with E-state index in [9.17, 15) is 17.6 Å². The van der Waals surface area contributed by atoms with Crippen molar-refractivity contribution < 1.29 is 22.3 Å². The molecule has 2 aromatic heterocycles. The van der Waals surface area contributed by atoms with Gasteiger partial charge in [0.05, 0.1) is 22.9 Å². The van der Waals surface area contributed by atoms with E-state index >= 15 is 0 Å². The van der Waals surface area contributed by atoms with Crippen LogP contribution in [0.25, 0.3) is 5.65 Å². The lowest BCUT2D eigenvalue weighted by Crippen LogP contribution is -2.13. The molecule has 0 saturated carbocycles. The number of hydrogen-bond donors (Lipinski definition) is 0. The third-order valence-electron chi connectivity index (χ3n) is 4.54. The van der Waals surface area contributed by atoms with Gasteiger partial charge in [-0.05, 0) is 45.2 Å². The summed E-state index contributed by atoms with van der Waals surface area (Å²) in [4.78, 5) is 16.2. The summed E-state index contributed by atoms with van der Waals surface area (Å²) in [5.74, 6) is -1.12. The minimum Gasteiger partial charge on any atom is -0.466 e. The first-order valence-electron chi connectivity index (χ1n) is 8.90. The zero-order chi connectivity index (χ0) is 22.2. The number of ether oxygens (including phenoxy) is 1. The lowest BCUT2D eigenvalue weighted by atomic mass is 10.1. The Morgan fingerprint density at radius 1 is 1.33 bits per heavy atom. The number of carbonyl (C=O) groups is 1. The fourth-order valence-electron chi connectivity index (χ4n) is 3.07. The summed E-state index contributed by atoms with van der Waals surface area (Å²) in [5.41, 5.74) is 1.82. The van der Waals surface area contributed by atoms with Crippen LogP contribution < -0.4 is 0 Å². The predicted octanol–water partition coefficient (Wildman–Crippen LogP) is 3.80. The highest BCUT2D eigenvalue weighted by molar-refractivity contribution is 7.99. The highest BCUT2D eigenvalue weighted by atomic mass is 35.5. The number of fused-ring (bicyclic) bond motifs is 1. The molecule has 0 aliphatic carbocycles. The monoisotopic (exact) mass is 471 g/mol. The Morgan fingerprint density at radius 3 is 2.63 bits per heavy atom. The first-order chi connectivity index (χ1) is 14.1. The van der Waals surface area contributed by atoms with E-state index in [4.69, 9.17) is 16.3 Å². The molecule has 3 aromatic rings. The van der Waals surface area contributed by atoms with E-state index in [0.717, 1.165) is 30.0 Å². The van der Waals surface area contributed by atoms with Gasteiger partial charge in [0.25, 0.3) is 0 Å². The van der Waals surface area contributed by atoms with Crippen molar-refractivity contribution in [1.29, 1.82) is 0 Å². The number of rotatable bonds is 6. The van der Waals surface area contributed by atoms with Gasteiger partial charge in [0.1, 0.15) is 10.8 Å². The van der Waals surface area contributed by atoms with Gasteiger partial charge in [0, 0.05) is 17.0 Å². The second-order valence-corrected chi connectivity index (χ2v) is 9.48. The lowest BCUT2D eigenvalue weighted by Gasteiger charge is -2.11. The van der Waals surface area contributed by atoms with E-state index in [0.29, 0.717) is 17.0 Å². The smallest absolute Gasteiger partial charge is 0.310 e. The summed E-state index contributed by atoms with van der Waals surface area (Å²) in [5, 5.41) is 4.34. The molecule has 0 saturated heterocycles. The van der Waals surface area contributed by atoms with Crippen LogP contribution >= 0.6 is 23.4 Å². The van der Waals surface area contributed by atoms with Crippen molar-refractivity contribution in [1.82, 2.24) is 14.6 Å². The number of aryl methyl sites for hydroxylation is 2. The Balaban J connectivity index is 2.25. The van der Waals surface area contributed by atoms with E-state index in [1.54, 1.807) is 27.0 Å². The van der Waals surface area contributed by atoms with Gasteiger partial charge in [-0.2, -0.15) is 5.10 Å². The van der Waals surface area contributed by atoms with Gasteiger partial charge < -0.3 is 4.74 Å². The Hall–Kier alpha value is -2.17. The average Bonchev–Trinajstić information content (AvgIpc) is 3.06. The standard InChI is InChI=1S/C19H19ClFN3O4S2/c1-5-28-16(25)9-13-10(2)22-18-17(19(29-4)23-24(18)11(13)3)30(26,27)12-6-7-15(21)14(20)8-12/h6-8H,5,9H2,1-4H3. The van der Waals surface area contributed by atoms with Gasteiger partial charge in [-0.1, -0.05) is 11.6 Å². The summed E-state index contributed by atoms with van der Waals surface area (Å²) in [6.07, 6.45) is 1.69. The maximum absolute atomic E-state index is 13.5. The van der Waals surface area contributed by atoms with Crippen LogP contribution in [0.5, 0.6) is 0 Å². The van der Waals surface area contributed by atoms with E-state index < -0.39 is 21.6 Å². The lowest BCUT2D eigenvalue weighted by molar-refractivity contribution is -0.142. The van der Waals surface area contributed by atoms with Crippen LogP contribution in [0.3, 0.4) is 0 Å². The molecule has 160 valence electrons. The third kappa shape index (κ3) is 3.91. The van der Waals surface area contributed by atoms with Crippen LogP contribution in [0.15, 0.2) is 33.0 Å². The molecule has 0 amide bonds. The summed E-state index contributed by atoms with van der Waals surface area (Å²) >= 11 is 6.94. The molecule has 2 heterocycles. The minimum atomic E-state index is -4.09. The molecule has 30 heavy (non-hydrogen) atoms. The van der Waals surface area contributed by atoms with Crippen molar-refractivity contribution in [3.05, 3.63) is 46.0 Å². The highest BCUT2D eigenvalue weighted by Crippen LogP contribution is 2.34. The van der Waals surface area contributed by atoms with E-state index in [1.807, 2.05) is 0 Å². The number of benzene rings is 1. The van der Waals surface area contributed by atoms with Crippen molar-refractivity contribution in [3.8, 4) is 0 Å². The number of aromatic nitrogens is 3. The summed E-state index contributed by atoms with van der Waals surface area (Å²) in [7, 11) is -4.09. The van der Waals surface area contributed by atoms with E-state index in [-0.39, 0.29) is 38.5 Å². The molecule has 0 bridgehead atoms. The van der Waals surface area contributed by atoms with Gasteiger partial charge in [0.2, 0.25) is 9.84 Å². The molecule has 7 nitrogen and oxygen atoms in total. The number of halogens is 2. The number of thioether (sulfide) groups is 1. The molecule has 0 radical (unpaired) electrons. The maximum atomic E-state index is 13.5. The third-order valence-corrected chi connectivity index (χ3v) is 7.42. The summed E-state index contributed by atoms with van der Waals surface area (Å²) in [6, 6.07) is 3.22. The van der Waals surface area contributed by atoms with Crippen LogP contribution in [-0.4, -0.2) is 41.8 Å². The summed E-state index contributed by atoms with van der Waals surface area (Å²) in [6.45, 7) is 5.40. The minimum absolute atomic E-state index is 0.00143. The highest BCUT2D eigenvalue weighted by Gasteiger charge is 2.30. The normalized spacial score (nSPS) is 11.8. The van der Waals surface area contributed by atoms with Crippen LogP contribution in [0.2, 0.25) is 5.02 Å². The Morgan fingerprint density at radius 2 is 2.03 bits per heavy atom. The number of carbonyl (C=O) groups excluding carboxylic acids is 1. The zero-order valence-electron chi connectivity index (χ0n) is 16.7. The molecule has 0 N–H and O–H groups in total. The largest absolute Gasteiger partial charge is 0.466 e. The maximum Gasteiger partial charge on any atom is 0.310 e. The van der Waals surface area contributed by atoms with E-state index in [1.165, 1.54) is 4.52 Å². The fourth-order valence-corrected chi connectivity index (χ4v) is 5.73. The zero-order valence-corrected chi connectivity index (χ0v) is 19.1. The van der Waals surface area contributed by atoms with Crippen molar-refractivity contribution >= 4 is 44.8 Å². The Labute approximate surface area is 182 Å². The fraction of sp³-hybridized carbons (Fsp3) is 0.316. The topological polar surface area (TPSA) is 90.6 Å². The van der Waals surface area contributed by atoms with E-state index in [2.05, 4.69) is 10.1 Å². The first kappa shape index (κ1) is 22.5. The quantitative estimate of drug-likeness (QED) is 0.307. The SMILES string of the molecule is CCOC(=O)Cc1c(C)nc2c(S(=O)(=O)c3ccc(F)c(Cl)c3)c(SC)nn2c1C. The second-order valence-electron chi connectivity index (χ2n) is 6.40. The van der Waals surface area contributed by atoms with Gasteiger partial charge in [-0.3, -0.25) is 4.79 Å². The molecule has 0 atom stereocenters. The molecule has 0 fully saturated rings. The molecule has 0 aliphatic heterocycles. The van der Waals surface area contributed by atoms with Crippen molar-refractivity contribution in [2.75, 3.05) is 12.9 Å². The number of sulfone groups is 1. The molecule has 0 spiro atoms. The predicted molar refractivity (Wildman–Crippen MR) is 111 cm³/mol. The van der Waals surface area contributed by atoms with Crippen LogP contribution in [0, 0.1) is 19.7 Å². The van der Waals surface area contributed by atoms with Gasteiger partial charge in [-0.25, -0.2) is 22.3 Å². The molecular formula is C19H19ClFN3O4S2. The van der Waals surface area contributed by atoms with Gasteiger partial charge in [-0.15, -0.1) is 11.8 Å². The molecule has 0 aliphatic rings. The average molecular weight is 472 g/mol. The number of hydrogen-bond acceptors (Lipinski definition) is 7. The van der Waals surface area contributed by atoms with Gasteiger partial charge in [0.15, 0.2) is 10.5 Å². The number of nitrogens with zero attached hydrogens (tertiary/aromatic N) is 3. The van der Waals surface area contributed by atoms with Crippen LogP contribution in [-0.2, 0) is 25.8 Å². The molecule has 3 rings (SSSR count). The Bertz CT molecular complexity index is 1260. The Kier molecular flexibility index (Phi) is 6.40. The van der Waals surface area contributed by atoms with Crippen molar-refractivity contribution in [3.63, 3.8) is 0 Å². The number of esters is 1. The molecule has 11 heteroatoms. The van der Waals surface area contributed by atoms with Crippen LogP contribution in [0.4, 0.5) is 4.39 Å². The first-order valence-corrected chi connectivity index (χ1v) is 12.0. The van der Waals surface area contributed by atoms with Crippen LogP contribution in [0.1, 0.15) is 23.9 Å². The van der Waals surface area contributed by atoms with Gasteiger partial charge >= 0.3 is 5.97 Å². The van der Waals surface area contributed by atoms with Crippen molar-refractivity contribution in [2.45, 2.75) is 42.0 Å². The molecular weight excluding hydrogens is 453 g/mol. The second kappa shape index (κ2) is 8.52.